The minimum atomic E-state index is -0.139. The van der Waals surface area contributed by atoms with Gasteiger partial charge in [-0.1, -0.05) is 30.3 Å². The van der Waals surface area contributed by atoms with E-state index in [1.165, 1.54) is 6.20 Å². The molecule has 5 rings (SSSR count). The summed E-state index contributed by atoms with van der Waals surface area (Å²) in [6.07, 6.45) is 3.01. The van der Waals surface area contributed by atoms with Gasteiger partial charge in [0.2, 0.25) is 0 Å². The highest BCUT2D eigenvalue weighted by Crippen LogP contribution is 2.25. The third kappa shape index (κ3) is 2.75. The van der Waals surface area contributed by atoms with Gasteiger partial charge in [-0.25, -0.2) is 9.97 Å². The summed E-state index contributed by atoms with van der Waals surface area (Å²) in [5, 5.41) is 8.47. The molecular weight excluding hydrogens is 350 g/mol. The molecule has 0 spiro atoms. The molecule has 0 atom stereocenters. The Morgan fingerprint density at radius 2 is 1.89 bits per heavy atom. The zero-order chi connectivity index (χ0) is 19.1. The third-order valence-corrected chi connectivity index (χ3v) is 4.97. The molecule has 28 heavy (non-hydrogen) atoms. The Kier molecular flexibility index (Phi) is 3.76. The number of pyridine rings is 1. The van der Waals surface area contributed by atoms with Gasteiger partial charge in [0.15, 0.2) is 5.65 Å². The van der Waals surface area contributed by atoms with Crippen molar-refractivity contribution in [3.8, 4) is 11.1 Å². The molecule has 3 heterocycles. The van der Waals surface area contributed by atoms with Gasteiger partial charge < -0.3 is 0 Å². The molecule has 6 heteroatoms. The van der Waals surface area contributed by atoms with E-state index in [0.29, 0.717) is 12.2 Å². The number of nitrogens with one attached hydrogen (secondary N) is 1. The maximum Gasteiger partial charge on any atom is 0.269 e. The minimum Gasteiger partial charge on any atom is -0.300 e. The molecule has 136 valence electrons. The Morgan fingerprint density at radius 3 is 2.82 bits per heavy atom. The summed E-state index contributed by atoms with van der Waals surface area (Å²) in [6, 6.07) is 18.2. The fraction of sp³-hybridized carbons (Fsp3) is 0.0909. The summed E-state index contributed by atoms with van der Waals surface area (Å²) < 4.78 is 1.70. The van der Waals surface area contributed by atoms with Crippen molar-refractivity contribution >= 4 is 22.1 Å². The van der Waals surface area contributed by atoms with Gasteiger partial charge in [0.1, 0.15) is 0 Å². The number of fused-ring (bicyclic) bond motifs is 2. The number of hydrogen-bond donors (Lipinski definition) is 1. The molecule has 0 unspecified atom stereocenters. The Morgan fingerprint density at radius 1 is 1.00 bits per heavy atom. The molecular formula is C22H17N5O. The van der Waals surface area contributed by atoms with E-state index in [1.807, 2.05) is 31.2 Å². The van der Waals surface area contributed by atoms with Crippen LogP contribution in [0.15, 0.2) is 71.8 Å². The van der Waals surface area contributed by atoms with E-state index in [1.54, 1.807) is 10.8 Å². The predicted octanol–water partition coefficient (Wildman–Crippen LogP) is 3.69. The molecule has 0 amide bonds. The number of aromatic nitrogens is 5. The maximum atomic E-state index is 12.4. The highest BCUT2D eigenvalue weighted by Gasteiger charge is 2.08. The van der Waals surface area contributed by atoms with Crippen molar-refractivity contribution in [1.82, 2.24) is 24.7 Å². The highest BCUT2D eigenvalue weighted by molar-refractivity contribution is 5.86. The Bertz CT molecular complexity index is 1380. The second-order valence-corrected chi connectivity index (χ2v) is 6.80. The molecule has 0 fully saturated rings. The van der Waals surface area contributed by atoms with Crippen LogP contribution < -0.4 is 5.56 Å². The van der Waals surface area contributed by atoms with Crippen LogP contribution >= 0.6 is 0 Å². The van der Waals surface area contributed by atoms with Crippen molar-refractivity contribution < 1.29 is 0 Å². The van der Waals surface area contributed by atoms with Gasteiger partial charge in [0.25, 0.3) is 5.56 Å². The third-order valence-electron chi connectivity index (χ3n) is 4.97. The lowest BCUT2D eigenvalue weighted by atomic mass is 10.0. The lowest BCUT2D eigenvalue weighted by molar-refractivity contribution is 0.784. The van der Waals surface area contributed by atoms with Crippen LogP contribution in [0.1, 0.15) is 11.3 Å². The van der Waals surface area contributed by atoms with Gasteiger partial charge >= 0.3 is 0 Å². The van der Waals surface area contributed by atoms with Gasteiger partial charge in [-0.2, -0.15) is 5.10 Å². The molecule has 5 aromatic rings. The average molecular weight is 367 g/mol. The lowest BCUT2D eigenvalue weighted by Gasteiger charge is -2.10. The van der Waals surface area contributed by atoms with Crippen molar-refractivity contribution in [3.05, 3.63) is 88.6 Å². The van der Waals surface area contributed by atoms with E-state index in [-0.39, 0.29) is 5.56 Å². The number of rotatable bonds is 3. The first-order chi connectivity index (χ1) is 13.7. The van der Waals surface area contributed by atoms with Crippen molar-refractivity contribution in [2.45, 2.75) is 13.5 Å². The first-order valence-electron chi connectivity index (χ1n) is 9.04. The maximum absolute atomic E-state index is 12.4. The van der Waals surface area contributed by atoms with Gasteiger partial charge in [-0.15, -0.1) is 0 Å². The summed E-state index contributed by atoms with van der Waals surface area (Å²) in [5.74, 6) is 0. The highest BCUT2D eigenvalue weighted by atomic mass is 16.1. The monoisotopic (exact) mass is 367 g/mol. The van der Waals surface area contributed by atoms with E-state index in [9.17, 15) is 4.79 Å². The predicted molar refractivity (Wildman–Crippen MR) is 109 cm³/mol. The molecule has 0 saturated heterocycles. The summed E-state index contributed by atoms with van der Waals surface area (Å²) >= 11 is 0. The van der Waals surface area contributed by atoms with Crippen molar-refractivity contribution in [1.29, 1.82) is 0 Å². The van der Waals surface area contributed by atoms with E-state index < -0.39 is 0 Å². The van der Waals surface area contributed by atoms with Crippen LogP contribution in [-0.2, 0) is 6.54 Å². The zero-order valence-corrected chi connectivity index (χ0v) is 15.3. The number of benzene rings is 2. The van der Waals surface area contributed by atoms with E-state index in [2.05, 4.69) is 50.5 Å². The van der Waals surface area contributed by atoms with Crippen LogP contribution in [0.2, 0.25) is 0 Å². The number of H-pyrrole nitrogens is 1. The second-order valence-electron chi connectivity index (χ2n) is 6.80. The number of aromatic amines is 1. The summed E-state index contributed by atoms with van der Waals surface area (Å²) in [5.41, 5.74) is 6.41. The number of nitrogens with zero attached hydrogens (tertiary/aromatic N) is 4. The van der Waals surface area contributed by atoms with Crippen LogP contribution in [0, 0.1) is 6.92 Å². The second kappa shape index (κ2) is 6.42. The molecule has 0 aliphatic rings. The molecule has 0 aliphatic heterocycles. The Hall–Kier alpha value is -3.80. The van der Waals surface area contributed by atoms with Gasteiger partial charge in [-0.05, 0) is 47.9 Å². The standard InChI is InChI=1S/C22H17N5O/c1-14-18-8-7-17(11-19(18)26-25-14)16-5-2-4-15(10-16)13-27-20-6-3-9-23-22(20)24-12-21(27)28/h2-12H,13H2,1H3,(H,25,26). The summed E-state index contributed by atoms with van der Waals surface area (Å²) in [7, 11) is 0. The molecule has 6 nitrogen and oxygen atoms in total. The normalized spacial score (nSPS) is 11.3. The fourth-order valence-corrected chi connectivity index (χ4v) is 3.53. The SMILES string of the molecule is Cc1n[nH]c2cc(-c3cccc(Cn4c(=O)cnc5ncccc54)c3)ccc12. The number of aryl methyl sites for hydroxylation is 1. The Labute approximate surface area is 160 Å². The topological polar surface area (TPSA) is 76.5 Å². The molecule has 1 N–H and O–H groups in total. The largest absolute Gasteiger partial charge is 0.300 e. The summed E-state index contributed by atoms with van der Waals surface area (Å²) in [6.45, 7) is 2.45. The van der Waals surface area contributed by atoms with Crippen LogP contribution in [-0.4, -0.2) is 24.7 Å². The zero-order valence-electron chi connectivity index (χ0n) is 15.3. The number of hydrogen-bond acceptors (Lipinski definition) is 4. The van der Waals surface area contributed by atoms with Gasteiger partial charge in [0.05, 0.1) is 29.5 Å². The molecule has 0 bridgehead atoms. The first-order valence-corrected chi connectivity index (χ1v) is 9.04. The molecule has 3 aromatic heterocycles. The van der Waals surface area contributed by atoms with Crippen LogP contribution in [0.4, 0.5) is 0 Å². The molecule has 0 saturated carbocycles. The van der Waals surface area contributed by atoms with Crippen LogP contribution in [0.25, 0.3) is 33.2 Å². The quantitative estimate of drug-likeness (QED) is 0.528. The van der Waals surface area contributed by atoms with E-state index in [0.717, 1.165) is 38.8 Å². The van der Waals surface area contributed by atoms with Crippen molar-refractivity contribution in [2.24, 2.45) is 0 Å². The van der Waals surface area contributed by atoms with Gasteiger partial charge in [0, 0.05) is 11.6 Å². The summed E-state index contributed by atoms with van der Waals surface area (Å²) in [4.78, 5) is 20.8. The van der Waals surface area contributed by atoms with Crippen LogP contribution in [0.5, 0.6) is 0 Å². The lowest BCUT2D eigenvalue weighted by Crippen LogP contribution is -2.21. The Balaban J connectivity index is 1.56. The first kappa shape index (κ1) is 16.4. The van der Waals surface area contributed by atoms with Crippen LogP contribution in [0.3, 0.4) is 0 Å². The van der Waals surface area contributed by atoms with E-state index in [4.69, 9.17) is 0 Å². The van der Waals surface area contributed by atoms with Gasteiger partial charge in [-0.3, -0.25) is 14.5 Å². The van der Waals surface area contributed by atoms with E-state index >= 15 is 0 Å². The van der Waals surface area contributed by atoms with Crippen molar-refractivity contribution in [2.75, 3.05) is 0 Å². The minimum absolute atomic E-state index is 0.139. The smallest absolute Gasteiger partial charge is 0.269 e. The molecule has 2 aromatic carbocycles. The fourth-order valence-electron chi connectivity index (χ4n) is 3.53. The molecule has 0 radical (unpaired) electrons. The molecule has 0 aliphatic carbocycles. The van der Waals surface area contributed by atoms with Crippen molar-refractivity contribution in [3.63, 3.8) is 0 Å². The average Bonchev–Trinajstić information content (AvgIpc) is 3.11.